The van der Waals surface area contributed by atoms with Crippen LogP contribution in [0.3, 0.4) is 0 Å². The molecule has 4 nitrogen and oxygen atoms in total. The number of rotatable bonds is 5. The third-order valence-electron chi connectivity index (χ3n) is 1.90. The van der Waals surface area contributed by atoms with Crippen LogP contribution in [0, 0.1) is 5.92 Å². The lowest BCUT2D eigenvalue weighted by Crippen LogP contribution is -2.04. The Morgan fingerprint density at radius 1 is 1.53 bits per heavy atom. The summed E-state index contributed by atoms with van der Waals surface area (Å²) in [5, 5.41) is 0. The number of nitrogens with two attached hydrogens (primary N) is 1. The van der Waals surface area contributed by atoms with Gasteiger partial charge in [0.15, 0.2) is 0 Å². The fraction of sp³-hybridized carbons (Fsp3) is 0.600. The maximum absolute atomic E-state index is 5.49. The van der Waals surface area contributed by atoms with Crippen molar-refractivity contribution in [1.29, 1.82) is 0 Å². The summed E-state index contributed by atoms with van der Waals surface area (Å²) < 4.78 is 6.23. The van der Waals surface area contributed by atoms with Gasteiger partial charge in [-0.05, 0) is 34.7 Å². The Labute approximate surface area is 98.4 Å². The number of ether oxygens (including phenoxy) is 1. The molecular formula is C10H16BrN3O. The zero-order chi connectivity index (χ0) is 11.3. The SMILES string of the molecule is CC(C)CCCOc1nc(N)ncc1Br. The van der Waals surface area contributed by atoms with Gasteiger partial charge < -0.3 is 10.5 Å². The van der Waals surface area contributed by atoms with E-state index < -0.39 is 0 Å². The summed E-state index contributed by atoms with van der Waals surface area (Å²) >= 11 is 3.31. The molecule has 0 radical (unpaired) electrons. The largest absolute Gasteiger partial charge is 0.477 e. The van der Waals surface area contributed by atoms with Crippen molar-refractivity contribution >= 4 is 21.9 Å². The van der Waals surface area contributed by atoms with Crippen LogP contribution in [0.2, 0.25) is 0 Å². The highest BCUT2D eigenvalue weighted by atomic mass is 79.9. The molecular weight excluding hydrogens is 258 g/mol. The summed E-state index contributed by atoms with van der Waals surface area (Å²) in [6, 6.07) is 0. The summed E-state index contributed by atoms with van der Waals surface area (Å²) in [6.45, 7) is 5.05. The molecule has 0 atom stereocenters. The summed E-state index contributed by atoms with van der Waals surface area (Å²) in [5.74, 6) is 1.45. The first kappa shape index (κ1) is 12.2. The third kappa shape index (κ3) is 4.46. The molecule has 5 heteroatoms. The monoisotopic (exact) mass is 273 g/mol. The van der Waals surface area contributed by atoms with Crippen molar-refractivity contribution in [2.24, 2.45) is 5.92 Å². The van der Waals surface area contributed by atoms with Gasteiger partial charge in [0, 0.05) is 0 Å². The topological polar surface area (TPSA) is 61.0 Å². The van der Waals surface area contributed by atoms with E-state index in [-0.39, 0.29) is 5.95 Å². The highest BCUT2D eigenvalue weighted by Crippen LogP contribution is 2.21. The van der Waals surface area contributed by atoms with Crippen LogP contribution in [0.1, 0.15) is 26.7 Å². The molecule has 1 aromatic heterocycles. The molecule has 15 heavy (non-hydrogen) atoms. The minimum absolute atomic E-state index is 0.233. The summed E-state index contributed by atoms with van der Waals surface area (Å²) in [5.41, 5.74) is 5.46. The van der Waals surface area contributed by atoms with Crippen LogP contribution in [0.4, 0.5) is 5.95 Å². The van der Waals surface area contributed by atoms with Crippen molar-refractivity contribution in [2.45, 2.75) is 26.7 Å². The second kappa shape index (κ2) is 5.90. The lowest BCUT2D eigenvalue weighted by molar-refractivity contribution is 0.285. The zero-order valence-corrected chi connectivity index (χ0v) is 10.6. The van der Waals surface area contributed by atoms with E-state index >= 15 is 0 Å². The van der Waals surface area contributed by atoms with Crippen LogP contribution in [0.25, 0.3) is 0 Å². The first-order valence-electron chi connectivity index (χ1n) is 5.00. The quantitative estimate of drug-likeness (QED) is 0.838. The first-order chi connectivity index (χ1) is 7.09. The van der Waals surface area contributed by atoms with Gasteiger partial charge in [0.2, 0.25) is 11.8 Å². The van der Waals surface area contributed by atoms with Crippen molar-refractivity contribution in [3.63, 3.8) is 0 Å². The summed E-state index contributed by atoms with van der Waals surface area (Å²) in [4.78, 5) is 7.82. The molecule has 0 bridgehead atoms. The van der Waals surface area contributed by atoms with Crippen LogP contribution in [-0.2, 0) is 0 Å². The lowest BCUT2D eigenvalue weighted by Gasteiger charge is -2.08. The molecule has 0 spiro atoms. The van der Waals surface area contributed by atoms with Crippen molar-refractivity contribution in [3.05, 3.63) is 10.7 Å². The number of anilines is 1. The molecule has 0 aromatic carbocycles. The third-order valence-corrected chi connectivity index (χ3v) is 2.44. The average Bonchev–Trinajstić information content (AvgIpc) is 2.17. The van der Waals surface area contributed by atoms with Crippen molar-refractivity contribution < 1.29 is 4.74 Å². The summed E-state index contributed by atoms with van der Waals surface area (Å²) in [6.07, 6.45) is 3.77. The minimum atomic E-state index is 0.233. The zero-order valence-electron chi connectivity index (χ0n) is 9.03. The van der Waals surface area contributed by atoms with Gasteiger partial charge in [-0.2, -0.15) is 4.98 Å². The smallest absolute Gasteiger partial charge is 0.232 e. The number of nitrogen functional groups attached to an aromatic ring is 1. The lowest BCUT2D eigenvalue weighted by atomic mass is 10.1. The van der Waals surface area contributed by atoms with Crippen LogP contribution in [0.5, 0.6) is 5.88 Å². The van der Waals surface area contributed by atoms with Crippen LogP contribution < -0.4 is 10.5 Å². The van der Waals surface area contributed by atoms with E-state index in [4.69, 9.17) is 10.5 Å². The normalized spacial score (nSPS) is 10.7. The number of hydrogen-bond donors (Lipinski definition) is 1. The van der Waals surface area contributed by atoms with Gasteiger partial charge in [-0.15, -0.1) is 0 Å². The average molecular weight is 274 g/mol. The summed E-state index contributed by atoms with van der Waals surface area (Å²) in [7, 11) is 0. The van der Waals surface area contributed by atoms with Crippen LogP contribution in [0.15, 0.2) is 10.7 Å². The molecule has 0 aliphatic rings. The molecule has 0 aliphatic heterocycles. The molecule has 0 fully saturated rings. The second-order valence-electron chi connectivity index (χ2n) is 3.77. The van der Waals surface area contributed by atoms with Gasteiger partial charge in [0.1, 0.15) is 0 Å². The molecule has 0 unspecified atom stereocenters. The molecule has 0 aliphatic carbocycles. The molecule has 84 valence electrons. The highest BCUT2D eigenvalue weighted by Gasteiger charge is 2.04. The van der Waals surface area contributed by atoms with E-state index in [1.54, 1.807) is 6.20 Å². The molecule has 1 rings (SSSR count). The molecule has 2 N–H and O–H groups in total. The van der Waals surface area contributed by atoms with Gasteiger partial charge in [0.05, 0.1) is 17.3 Å². The number of nitrogens with zero attached hydrogens (tertiary/aromatic N) is 2. The molecule has 1 heterocycles. The fourth-order valence-corrected chi connectivity index (χ4v) is 1.43. The van der Waals surface area contributed by atoms with Gasteiger partial charge in [0.25, 0.3) is 0 Å². The van der Waals surface area contributed by atoms with Crippen molar-refractivity contribution in [3.8, 4) is 5.88 Å². The maximum Gasteiger partial charge on any atom is 0.232 e. The Morgan fingerprint density at radius 2 is 2.27 bits per heavy atom. The van der Waals surface area contributed by atoms with E-state index in [0.29, 0.717) is 18.4 Å². The standard InChI is InChI=1S/C10H16BrN3O/c1-7(2)4-3-5-15-9-8(11)6-13-10(12)14-9/h6-7H,3-5H2,1-2H3,(H2,12,13,14). The van der Waals surface area contributed by atoms with E-state index in [2.05, 4.69) is 39.7 Å². The Morgan fingerprint density at radius 3 is 2.93 bits per heavy atom. The van der Waals surface area contributed by atoms with E-state index in [9.17, 15) is 0 Å². The predicted molar refractivity (Wildman–Crippen MR) is 63.7 cm³/mol. The second-order valence-corrected chi connectivity index (χ2v) is 4.62. The Balaban J connectivity index is 2.40. The Bertz CT molecular complexity index is 318. The van der Waals surface area contributed by atoms with Crippen LogP contribution >= 0.6 is 15.9 Å². The highest BCUT2D eigenvalue weighted by molar-refractivity contribution is 9.10. The van der Waals surface area contributed by atoms with Gasteiger partial charge >= 0.3 is 0 Å². The van der Waals surface area contributed by atoms with E-state index in [1.165, 1.54) is 0 Å². The number of hydrogen-bond acceptors (Lipinski definition) is 4. The molecule has 1 aromatic rings. The van der Waals surface area contributed by atoms with E-state index in [0.717, 1.165) is 17.3 Å². The number of halogens is 1. The first-order valence-corrected chi connectivity index (χ1v) is 5.79. The Hall–Kier alpha value is -0.840. The van der Waals surface area contributed by atoms with Gasteiger partial charge in [-0.3, -0.25) is 0 Å². The molecule has 0 amide bonds. The van der Waals surface area contributed by atoms with Gasteiger partial charge in [-0.1, -0.05) is 13.8 Å². The number of aromatic nitrogens is 2. The minimum Gasteiger partial charge on any atom is -0.477 e. The van der Waals surface area contributed by atoms with Crippen molar-refractivity contribution in [1.82, 2.24) is 9.97 Å². The Kier molecular flexibility index (Phi) is 4.81. The van der Waals surface area contributed by atoms with E-state index in [1.807, 2.05) is 0 Å². The fourth-order valence-electron chi connectivity index (χ4n) is 1.13. The maximum atomic E-state index is 5.49. The molecule has 0 saturated carbocycles. The van der Waals surface area contributed by atoms with Crippen LogP contribution in [-0.4, -0.2) is 16.6 Å². The predicted octanol–water partition coefficient (Wildman–Crippen LogP) is 2.64. The van der Waals surface area contributed by atoms with Crippen molar-refractivity contribution in [2.75, 3.05) is 12.3 Å². The molecule has 0 saturated heterocycles. The van der Waals surface area contributed by atoms with Gasteiger partial charge in [-0.25, -0.2) is 4.98 Å².